The standard InChI is InChI=1S/C8H8BrNOS/c1-10-8(11)5-3-6-2-4-7(9)12-6/h2-5H,1H3,(H,10,11)/b5-3+. The largest absolute Gasteiger partial charge is 0.356 e. The second kappa shape index (κ2) is 4.42. The van der Waals surface area contributed by atoms with Gasteiger partial charge in [-0.2, -0.15) is 0 Å². The number of rotatable bonds is 2. The molecule has 0 aliphatic rings. The summed E-state index contributed by atoms with van der Waals surface area (Å²) in [7, 11) is 1.61. The summed E-state index contributed by atoms with van der Waals surface area (Å²) in [5.41, 5.74) is 0. The van der Waals surface area contributed by atoms with Crippen LogP contribution in [-0.4, -0.2) is 13.0 Å². The number of thiophene rings is 1. The molecule has 0 spiro atoms. The maximum Gasteiger partial charge on any atom is 0.243 e. The summed E-state index contributed by atoms with van der Waals surface area (Å²) < 4.78 is 1.07. The summed E-state index contributed by atoms with van der Waals surface area (Å²) in [5.74, 6) is -0.0838. The van der Waals surface area contributed by atoms with Crippen LogP contribution in [0.5, 0.6) is 0 Å². The molecule has 1 N–H and O–H groups in total. The normalized spacial score (nSPS) is 10.5. The van der Waals surface area contributed by atoms with Crippen molar-refractivity contribution in [2.75, 3.05) is 7.05 Å². The maximum absolute atomic E-state index is 10.8. The minimum Gasteiger partial charge on any atom is -0.356 e. The van der Waals surface area contributed by atoms with E-state index >= 15 is 0 Å². The highest BCUT2D eigenvalue weighted by atomic mass is 79.9. The number of carbonyl (C=O) groups excluding carboxylic acids is 1. The number of amides is 1. The fourth-order valence-electron chi connectivity index (χ4n) is 0.659. The fourth-order valence-corrected chi connectivity index (χ4v) is 1.99. The molecule has 1 aromatic heterocycles. The summed E-state index contributed by atoms with van der Waals surface area (Å²) in [6, 6.07) is 3.91. The van der Waals surface area contributed by atoms with Gasteiger partial charge in [-0.15, -0.1) is 11.3 Å². The highest BCUT2D eigenvalue weighted by molar-refractivity contribution is 9.11. The van der Waals surface area contributed by atoms with E-state index in [0.29, 0.717) is 0 Å². The quantitative estimate of drug-likeness (QED) is 0.797. The van der Waals surface area contributed by atoms with Crippen LogP contribution in [0.4, 0.5) is 0 Å². The Morgan fingerprint density at radius 2 is 2.42 bits per heavy atom. The van der Waals surface area contributed by atoms with Crippen molar-refractivity contribution in [2.45, 2.75) is 0 Å². The Bertz CT molecular complexity index is 306. The number of nitrogens with one attached hydrogen (secondary N) is 1. The van der Waals surface area contributed by atoms with Crippen molar-refractivity contribution in [3.63, 3.8) is 0 Å². The molecule has 0 atom stereocenters. The summed E-state index contributed by atoms with van der Waals surface area (Å²) >= 11 is 4.93. The highest BCUT2D eigenvalue weighted by Gasteiger charge is 1.93. The lowest BCUT2D eigenvalue weighted by molar-refractivity contribution is -0.115. The lowest BCUT2D eigenvalue weighted by Gasteiger charge is -1.87. The van der Waals surface area contributed by atoms with Gasteiger partial charge in [0.05, 0.1) is 3.79 Å². The Morgan fingerprint density at radius 3 is 2.92 bits per heavy atom. The summed E-state index contributed by atoms with van der Waals surface area (Å²) in [5, 5.41) is 2.51. The van der Waals surface area contributed by atoms with Gasteiger partial charge in [0.1, 0.15) is 0 Å². The molecule has 2 nitrogen and oxygen atoms in total. The van der Waals surface area contributed by atoms with Gasteiger partial charge in [0, 0.05) is 18.0 Å². The first-order chi connectivity index (χ1) is 5.72. The molecule has 0 saturated heterocycles. The summed E-state index contributed by atoms with van der Waals surface area (Å²) in [4.78, 5) is 11.8. The molecule has 12 heavy (non-hydrogen) atoms. The van der Waals surface area contributed by atoms with E-state index in [9.17, 15) is 4.79 Å². The molecule has 1 amide bonds. The number of hydrogen-bond donors (Lipinski definition) is 1. The minimum absolute atomic E-state index is 0.0838. The van der Waals surface area contributed by atoms with Gasteiger partial charge in [-0.1, -0.05) is 0 Å². The second-order valence-corrected chi connectivity index (χ2v) is 4.58. The average Bonchev–Trinajstić information content (AvgIpc) is 2.47. The zero-order chi connectivity index (χ0) is 8.97. The number of hydrogen-bond acceptors (Lipinski definition) is 2. The predicted octanol–water partition coefficient (Wildman–Crippen LogP) is 2.27. The monoisotopic (exact) mass is 245 g/mol. The molecule has 0 unspecified atom stereocenters. The highest BCUT2D eigenvalue weighted by Crippen LogP contribution is 2.22. The van der Waals surface area contributed by atoms with Crippen LogP contribution in [-0.2, 0) is 4.79 Å². The molecule has 1 heterocycles. The van der Waals surface area contributed by atoms with E-state index in [2.05, 4.69) is 21.2 Å². The Balaban J connectivity index is 2.63. The Morgan fingerprint density at radius 1 is 1.67 bits per heavy atom. The molecular weight excluding hydrogens is 238 g/mol. The number of likely N-dealkylation sites (N-methyl/N-ethyl adjacent to an activating group) is 1. The van der Waals surface area contributed by atoms with Gasteiger partial charge in [-0.25, -0.2) is 0 Å². The zero-order valence-electron chi connectivity index (χ0n) is 6.50. The number of carbonyl (C=O) groups is 1. The summed E-state index contributed by atoms with van der Waals surface area (Å²) in [6.07, 6.45) is 3.30. The van der Waals surface area contributed by atoms with Crippen molar-refractivity contribution in [1.82, 2.24) is 5.32 Å². The van der Waals surface area contributed by atoms with Gasteiger partial charge in [0.25, 0.3) is 0 Å². The lowest BCUT2D eigenvalue weighted by Crippen LogP contribution is -2.13. The van der Waals surface area contributed by atoms with Crippen LogP contribution in [0.1, 0.15) is 4.88 Å². The van der Waals surface area contributed by atoms with Crippen LogP contribution in [0.2, 0.25) is 0 Å². The van der Waals surface area contributed by atoms with E-state index in [1.807, 2.05) is 12.1 Å². The summed E-state index contributed by atoms with van der Waals surface area (Å²) in [6.45, 7) is 0. The van der Waals surface area contributed by atoms with Crippen molar-refractivity contribution in [2.24, 2.45) is 0 Å². The minimum atomic E-state index is -0.0838. The van der Waals surface area contributed by atoms with Gasteiger partial charge < -0.3 is 5.32 Å². The van der Waals surface area contributed by atoms with E-state index in [4.69, 9.17) is 0 Å². The van der Waals surface area contributed by atoms with E-state index in [0.717, 1.165) is 8.66 Å². The third kappa shape index (κ3) is 2.79. The van der Waals surface area contributed by atoms with Crippen molar-refractivity contribution >= 4 is 39.2 Å². The molecule has 0 fully saturated rings. The van der Waals surface area contributed by atoms with E-state index in [-0.39, 0.29) is 5.91 Å². The molecule has 0 aliphatic carbocycles. The molecular formula is C8H8BrNOS. The van der Waals surface area contributed by atoms with Crippen LogP contribution in [0.3, 0.4) is 0 Å². The molecule has 0 aliphatic heterocycles. The van der Waals surface area contributed by atoms with E-state index in [1.165, 1.54) is 6.08 Å². The molecule has 4 heteroatoms. The average molecular weight is 246 g/mol. The van der Waals surface area contributed by atoms with Gasteiger partial charge >= 0.3 is 0 Å². The van der Waals surface area contributed by atoms with Crippen molar-refractivity contribution < 1.29 is 4.79 Å². The topological polar surface area (TPSA) is 29.1 Å². The van der Waals surface area contributed by atoms with Crippen molar-refractivity contribution in [1.29, 1.82) is 0 Å². The van der Waals surface area contributed by atoms with Crippen LogP contribution < -0.4 is 5.32 Å². The Hall–Kier alpha value is -0.610. The molecule has 1 aromatic rings. The predicted molar refractivity (Wildman–Crippen MR) is 55.1 cm³/mol. The third-order valence-electron chi connectivity index (χ3n) is 1.24. The van der Waals surface area contributed by atoms with E-state index < -0.39 is 0 Å². The van der Waals surface area contributed by atoms with Gasteiger partial charge in [0.2, 0.25) is 5.91 Å². The smallest absolute Gasteiger partial charge is 0.243 e. The second-order valence-electron chi connectivity index (χ2n) is 2.09. The number of halogens is 1. The van der Waals surface area contributed by atoms with Gasteiger partial charge in [-0.05, 0) is 34.1 Å². The molecule has 0 bridgehead atoms. The third-order valence-corrected chi connectivity index (χ3v) is 2.83. The van der Waals surface area contributed by atoms with Crippen molar-refractivity contribution in [3.05, 3.63) is 26.9 Å². The van der Waals surface area contributed by atoms with Crippen molar-refractivity contribution in [3.8, 4) is 0 Å². The first-order valence-corrected chi connectivity index (χ1v) is 4.98. The molecule has 0 radical (unpaired) electrons. The van der Waals surface area contributed by atoms with Crippen LogP contribution >= 0.6 is 27.3 Å². The first-order valence-electron chi connectivity index (χ1n) is 3.37. The van der Waals surface area contributed by atoms with Gasteiger partial charge in [-0.3, -0.25) is 4.79 Å². The fraction of sp³-hybridized carbons (Fsp3) is 0.125. The molecule has 1 rings (SSSR count). The zero-order valence-corrected chi connectivity index (χ0v) is 8.91. The Kier molecular flexibility index (Phi) is 3.49. The first kappa shape index (κ1) is 9.48. The SMILES string of the molecule is CNC(=O)/C=C/c1ccc(Br)s1. The van der Waals surface area contributed by atoms with Crippen LogP contribution in [0.25, 0.3) is 6.08 Å². The molecule has 64 valence electrons. The molecule has 0 aromatic carbocycles. The van der Waals surface area contributed by atoms with Crippen LogP contribution in [0, 0.1) is 0 Å². The maximum atomic E-state index is 10.8. The van der Waals surface area contributed by atoms with Crippen LogP contribution in [0.15, 0.2) is 22.0 Å². The van der Waals surface area contributed by atoms with E-state index in [1.54, 1.807) is 24.5 Å². The lowest BCUT2D eigenvalue weighted by atomic mass is 10.4. The molecule has 0 saturated carbocycles. The van der Waals surface area contributed by atoms with Gasteiger partial charge in [0.15, 0.2) is 0 Å². The Labute approximate surface area is 83.4 Å².